The largest absolute Gasteiger partial charge is 0.377 e. The summed E-state index contributed by atoms with van der Waals surface area (Å²) in [4.78, 5) is 21.3. The lowest BCUT2D eigenvalue weighted by Gasteiger charge is -2.25. The van der Waals surface area contributed by atoms with Crippen molar-refractivity contribution in [1.29, 1.82) is 0 Å². The van der Waals surface area contributed by atoms with Crippen molar-refractivity contribution in [3.8, 4) is 11.1 Å². The maximum absolute atomic E-state index is 13.6. The number of aliphatic imine (C=N–C) groups is 1. The van der Waals surface area contributed by atoms with E-state index in [2.05, 4.69) is 47.1 Å². The molecule has 0 saturated heterocycles. The number of halogens is 1. The van der Waals surface area contributed by atoms with Crippen molar-refractivity contribution in [3.05, 3.63) is 64.9 Å². The Labute approximate surface area is 247 Å². The second-order valence-electron chi connectivity index (χ2n) is 10.4. The van der Waals surface area contributed by atoms with E-state index in [0.29, 0.717) is 38.4 Å². The van der Waals surface area contributed by atoms with E-state index in [1.54, 1.807) is 4.90 Å². The predicted octanol–water partition coefficient (Wildman–Crippen LogP) is 8.05. The first-order valence-corrected chi connectivity index (χ1v) is 15.3. The average Bonchev–Trinajstić information content (AvgIpc) is 3.44. The zero-order valence-corrected chi connectivity index (χ0v) is 25.6. The van der Waals surface area contributed by atoms with Crippen LogP contribution in [0, 0.1) is 13.8 Å². The molecular formula is C32H41FN4O3S. The standard InChI is InChI=1S/C32H41FN4O3S/c1-6-9-14-29-34-32(7-2,17-18-33)31(38)37(29)20-24-15-16-26(25(19-24)21-39-8-3)27-12-10-11-13-28(27)41-36-30-22(4)23(5)40-35-30/h10-13,15-16,19H,6-9,14,17-18,20-21H2,1-5H3,(H,35,36). The Morgan fingerprint density at radius 1 is 1.12 bits per heavy atom. The Balaban J connectivity index is 1.64. The molecule has 0 saturated carbocycles. The van der Waals surface area contributed by atoms with E-state index < -0.39 is 12.2 Å². The molecule has 1 atom stereocenters. The quantitative estimate of drug-likeness (QED) is 0.183. The molecule has 1 N–H and O–H groups in total. The Morgan fingerprint density at radius 3 is 2.61 bits per heavy atom. The summed E-state index contributed by atoms with van der Waals surface area (Å²) in [6.07, 6.45) is 3.26. The second-order valence-corrected chi connectivity index (χ2v) is 11.2. The fourth-order valence-electron chi connectivity index (χ4n) is 5.06. The highest BCUT2D eigenvalue weighted by Gasteiger charge is 2.46. The number of amides is 1. The number of ether oxygens (including phenoxy) is 1. The normalized spacial score (nSPS) is 16.9. The number of nitrogens with one attached hydrogen (secondary N) is 1. The molecule has 3 aromatic rings. The molecule has 9 heteroatoms. The number of benzene rings is 2. The summed E-state index contributed by atoms with van der Waals surface area (Å²) in [5, 5.41) is 4.12. The van der Waals surface area contributed by atoms with Crippen LogP contribution in [0.15, 0.2) is 56.9 Å². The third-order valence-electron chi connectivity index (χ3n) is 7.71. The Hall–Kier alpha value is -3.17. The first-order valence-electron chi connectivity index (χ1n) is 14.5. The molecule has 0 spiro atoms. The van der Waals surface area contributed by atoms with Gasteiger partial charge in [-0.15, -0.1) is 0 Å². The van der Waals surface area contributed by atoms with Gasteiger partial charge < -0.3 is 14.0 Å². The Kier molecular flexibility index (Phi) is 10.6. The molecule has 220 valence electrons. The van der Waals surface area contributed by atoms with Gasteiger partial charge in [0.05, 0.1) is 19.8 Å². The molecule has 1 aliphatic rings. The van der Waals surface area contributed by atoms with Crippen molar-refractivity contribution >= 4 is 29.5 Å². The van der Waals surface area contributed by atoms with Gasteiger partial charge in [0.25, 0.3) is 5.91 Å². The van der Waals surface area contributed by atoms with Gasteiger partial charge in [-0.2, -0.15) is 0 Å². The van der Waals surface area contributed by atoms with E-state index in [0.717, 1.165) is 57.2 Å². The number of amidine groups is 1. The molecule has 41 heavy (non-hydrogen) atoms. The van der Waals surface area contributed by atoms with Crippen LogP contribution in [-0.2, 0) is 22.7 Å². The van der Waals surface area contributed by atoms with Crippen LogP contribution in [0.3, 0.4) is 0 Å². The van der Waals surface area contributed by atoms with Crippen LogP contribution >= 0.6 is 11.9 Å². The molecular weight excluding hydrogens is 539 g/mol. The van der Waals surface area contributed by atoms with Crippen LogP contribution in [0.2, 0.25) is 0 Å². The zero-order valence-electron chi connectivity index (χ0n) is 24.8. The van der Waals surface area contributed by atoms with Gasteiger partial charge in [0.2, 0.25) is 0 Å². The lowest BCUT2D eigenvalue weighted by atomic mass is 9.92. The molecule has 1 amide bonds. The van der Waals surface area contributed by atoms with Crippen molar-refractivity contribution in [2.24, 2.45) is 4.99 Å². The van der Waals surface area contributed by atoms with Gasteiger partial charge >= 0.3 is 0 Å². The molecule has 2 aromatic carbocycles. The number of carbonyl (C=O) groups excluding carboxylic acids is 1. The molecule has 7 nitrogen and oxygen atoms in total. The molecule has 1 aromatic heterocycles. The summed E-state index contributed by atoms with van der Waals surface area (Å²) in [5.74, 6) is 2.18. The molecule has 1 unspecified atom stereocenters. The lowest BCUT2D eigenvalue weighted by Crippen LogP contribution is -2.42. The molecule has 0 bridgehead atoms. The van der Waals surface area contributed by atoms with Gasteiger partial charge in [0.1, 0.15) is 17.1 Å². The number of aryl methyl sites for hydroxylation is 1. The van der Waals surface area contributed by atoms with Crippen LogP contribution in [0.25, 0.3) is 11.1 Å². The summed E-state index contributed by atoms with van der Waals surface area (Å²) in [6.45, 7) is 10.8. The number of hydrogen-bond donors (Lipinski definition) is 1. The molecule has 1 aliphatic heterocycles. The Bertz CT molecular complexity index is 1370. The summed E-state index contributed by atoms with van der Waals surface area (Å²) < 4.78 is 28.0. The Morgan fingerprint density at radius 2 is 1.93 bits per heavy atom. The molecule has 0 aliphatic carbocycles. The van der Waals surface area contributed by atoms with E-state index in [1.807, 2.05) is 39.8 Å². The highest BCUT2D eigenvalue weighted by molar-refractivity contribution is 8.00. The monoisotopic (exact) mass is 580 g/mol. The molecule has 2 heterocycles. The topological polar surface area (TPSA) is 80.0 Å². The van der Waals surface area contributed by atoms with Crippen LogP contribution in [0.5, 0.6) is 0 Å². The second kappa shape index (κ2) is 14.1. The van der Waals surface area contributed by atoms with Crippen LogP contribution in [-0.4, -0.2) is 40.6 Å². The number of unbranched alkanes of at least 4 members (excludes halogenated alkanes) is 1. The van der Waals surface area contributed by atoms with Crippen molar-refractivity contribution in [2.75, 3.05) is 18.0 Å². The highest BCUT2D eigenvalue weighted by atomic mass is 32.2. The van der Waals surface area contributed by atoms with Crippen LogP contribution < -0.4 is 4.72 Å². The predicted molar refractivity (Wildman–Crippen MR) is 164 cm³/mol. The third-order valence-corrected chi connectivity index (χ3v) is 8.58. The first kappa shape index (κ1) is 30.8. The smallest absolute Gasteiger partial charge is 0.256 e. The van der Waals surface area contributed by atoms with Gasteiger partial charge in [-0.25, -0.2) is 0 Å². The van der Waals surface area contributed by atoms with Crippen molar-refractivity contribution in [2.45, 2.75) is 90.3 Å². The average molecular weight is 581 g/mol. The van der Waals surface area contributed by atoms with Crippen molar-refractivity contribution in [1.82, 2.24) is 10.1 Å². The van der Waals surface area contributed by atoms with Crippen molar-refractivity contribution in [3.63, 3.8) is 0 Å². The number of anilines is 1. The zero-order chi connectivity index (χ0) is 29.4. The maximum atomic E-state index is 13.6. The lowest BCUT2D eigenvalue weighted by molar-refractivity contribution is -0.132. The fourth-order valence-corrected chi connectivity index (χ4v) is 5.89. The minimum atomic E-state index is -0.990. The highest BCUT2D eigenvalue weighted by Crippen LogP contribution is 2.37. The van der Waals surface area contributed by atoms with Gasteiger partial charge in [-0.1, -0.05) is 61.8 Å². The summed E-state index contributed by atoms with van der Waals surface area (Å²) in [6, 6.07) is 14.5. The number of alkyl halides is 1. The van der Waals surface area contributed by atoms with Gasteiger partial charge in [0.15, 0.2) is 5.82 Å². The number of carbonyl (C=O) groups is 1. The SMILES string of the molecule is CCCCC1=NC(CC)(CCF)C(=O)N1Cc1ccc(-c2ccccc2SNc2noc(C)c2C)c(COCC)c1. The van der Waals surface area contributed by atoms with Gasteiger partial charge in [0, 0.05) is 29.9 Å². The number of hydrogen-bond acceptors (Lipinski definition) is 7. The van der Waals surface area contributed by atoms with E-state index in [4.69, 9.17) is 14.3 Å². The van der Waals surface area contributed by atoms with Gasteiger partial charge in [-0.05, 0) is 73.9 Å². The van der Waals surface area contributed by atoms with Crippen LogP contribution in [0.1, 0.15) is 75.3 Å². The summed E-state index contributed by atoms with van der Waals surface area (Å²) >= 11 is 1.49. The maximum Gasteiger partial charge on any atom is 0.256 e. The summed E-state index contributed by atoms with van der Waals surface area (Å²) in [5.41, 5.74) is 4.15. The van der Waals surface area contributed by atoms with Crippen molar-refractivity contribution < 1.29 is 18.4 Å². The molecule has 0 fully saturated rings. The van der Waals surface area contributed by atoms with Gasteiger partial charge in [-0.3, -0.25) is 19.1 Å². The van der Waals surface area contributed by atoms with E-state index in [1.165, 1.54) is 11.9 Å². The summed E-state index contributed by atoms with van der Waals surface area (Å²) in [7, 11) is 0. The van der Waals surface area contributed by atoms with Crippen LogP contribution in [0.4, 0.5) is 10.2 Å². The van der Waals surface area contributed by atoms with E-state index >= 15 is 0 Å². The number of rotatable bonds is 15. The minimum Gasteiger partial charge on any atom is -0.377 e. The fraction of sp³-hybridized carbons (Fsp3) is 0.469. The minimum absolute atomic E-state index is 0.0922. The first-order chi connectivity index (χ1) is 19.9. The third kappa shape index (κ3) is 6.84. The van der Waals surface area contributed by atoms with E-state index in [9.17, 15) is 9.18 Å². The van der Waals surface area contributed by atoms with E-state index in [-0.39, 0.29) is 12.3 Å². The number of aromatic nitrogens is 1. The number of nitrogens with zero attached hydrogens (tertiary/aromatic N) is 3. The molecule has 4 rings (SSSR count). The molecule has 0 radical (unpaired) electrons.